The lowest BCUT2D eigenvalue weighted by molar-refractivity contribution is 0.364. The van der Waals surface area contributed by atoms with E-state index >= 15 is 0 Å². The zero-order valence-electron chi connectivity index (χ0n) is 18.1. The van der Waals surface area contributed by atoms with Crippen molar-refractivity contribution in [1.82, 2.24) is 10.2 Å². The van der Waals surface area contributed by atoms with Crippen LogP contribution in [0.25, 0.3) is 0 Å². The smallest absolute Gasteiger partial charge is 0.193 e. The zero-order valence-corrected chi connectivity index (χ0v) is 18.1. The number of hydrogen-bond acceptors (Lipinski definition) is 4. The van der Waals surface area contributed by atoms with Crippen LogP contribution < -0.4 is 19.9 Å². The fraction of sp³-hybridized carbons (Fsp3) is 0.458. The Labute approximate surface area is 180 Å². The number of anilines is 2. The summed E-state index contributed by atoms with van der Waals surface area (Å²) >= 11 is 0. The van der Waals surface area contributed by atoms with Crippen molar-refractivity contribution in [3.63, 3.8) is 0 Å². The molecular formula is C24H33N5O. The number of benzene rings is 2. The molecule has 0 aromatic heterocycles. The molecule has 2 aromatic carbocycles. The van der Waals surface area contributed by atoms with Crippen molar-refractivity contribution < 1.29 is 4.74 Å². The van der Waals surface area contributed by atoms with Crippen LogP contribution in [-0.2, 0) is 0 Å². The summed E-state index contributed by atoms with van der Waals surface area (Å²) in [5, 5.41) is 3.64. The maximum Gasteiger partial charge on any atom is 0.193 e. The quantitative estimate of drug-likeness (QED) is 0.610. The van der Waals surface area contributed by atoms with Crippen molar-refractivity contribution in [1.29, 1.82) is 0 Å². The van der Waals surface area contributed by atoms with E-state index < -0.39 is 0 Å². The van der Waals surface area contributed by atoms with Gasteiger partial charge in [-0.05, 0) is 36.6 Å². The molecule has 2 fully saturated rings. The van der Waals surface area contributed by atoms with Crippen LogP contribution in [0.5, 0.6) is 5.75 Å². The zero-order chi connectivity index (χ0) is 20.8. The Hall–Kier alpha value is -2.89. The average molecular weight is 408 g/mol. The standard InChI is InChI=1S/C24H33N5O/c1-25-24(26-18-20-12-13-29(19-20)21-8-4-3-5-9-21)28-16-14-27(15-17-28)22-10-6-7-11-23(22)30-2/h3-11,20H,12-19H2,1-2H3,(H,25,26). The Morgan fingerprint density at radius 1 is 0.967 bits per heavy atom. The molecule has 4 rings (SSSR count). The molecule has 0 radical (unpaired) electrons. The Kier molecular flexibility index (Phi) is 6.62. The second-order valence-corrected chi connectivity index (χ2v) is 8.01. The van der Waals surface area contributed by atoms with Crippen molar-refractivity contribution in [2.24, 2.45) is 10.9 Å². The van der Waals surface area contributed by atoms with Crippen molar-refractivity contribution in [2.75, 3.05) is 69.8 Å². The van der Waals surface area contributed by atoms with Crippen LogP contribution >= 0.6 is 0 Å². The van der Waals surface area contributed by atoms with Crippen molar-refractivity contribution >= 4 is 17.3 Å². The molecule has 6 heteroatoms. The summed E-state index contributed by atoms with van der Waals surface area (Å²) in [7, 11) is 3.63. The second-order valence-electron chi connectivity index (χ2n) is 8.01. The molecule has 0 amide bonds. The third kappa shape index (κ3) is 4.64. The molecule has 0 saturated carbocycles. The summed E-state index contributed by atoms with van der Waals surface area (Å²) in [4.78, 5) is 11.8. The van der Waals surface area contributed by atoms with Crippen LogP contribution in [0.1, 0.15) is 6.42 Å². The van der Waals surface area contributed by atoms with Gasteiger partial charge < -0.3 is 24.8 Å². The van der Waals surface area contributed by atoms with Gasteiger partial charge in [0.2, 0.25) is 0 Å². The normalized spacial score (nSPS) is 19.9. The maximum atomic E-state index is 5.53. The van der Waals surface area contributed by atoms with Crippen LogP contribution in [0.15, 0.2) is 59.6 Å². The minimum absolute atomic E-state index is 0.650. The van der Waals surface area contributed by atoms with Gasteiger partial charge in [-0.3, -0.25) is 4.99 Å². The molecule has 2 aromatic rings. The van der Waals surface area contributed by atoms with Gasteiger partial charge in [0.25, 0.3) is 0 Å². The number of para-hydroxylation sites is 3. The van der Waals surface area contributed by atoms with Gasteiger partial charge in [-0.2, -0.15) is 0 Å². The molecule has 1 unspecified atom stereocenters. The number of aliphatic imine (C=N–C) groups is 1. The van der Waals surface area contributed by atoms with Gasteiger partial charge in [0.15, 0.2) is 5.96 Å². The molecule has 1 atom stereocenters. The van der Waals surface area contributed by atoms with Gasteiger partial charge >= 0.3 is 0 Å². The molecule has 2 aliphatic heterocycles. The fourth-order valence-electron chi connectivity index (χ4n) is 4.49. The Bertz CT molecular complexity index is 832. The lowest BCUT2D eigenvalue weighted by Crippen LogP contribution is -2.53. The molecule has 2 heterocycles. The average Bonchev–Trinajstić information content (AvgIpc) is 3.29. The number of nitrogens with one attached hydrogen (secondary N) is 1. The summed E-state index contributed by atoms with van der Waals surface area (Å²) < 4.78 is 5.53. The minimum atomic E-state index is 0.650. The predicted molar refractivity (Wildman–Crippen MR) is 125 cm³/mol. The van der Waals surface area contributed by atoms with Gasteiger partial charge in [-0.25, -0.2) is 0 Å². The summed E-state index contributed by atoms with van der Waals surface area (Å²) in [6, 6.07) is 19.0. The topological polar surface area (TPSA) is 43.3 Å². The van der Waals surface area contributed by atoms with Crippen LogP contribution in [0, 0.1) is 5.92 Å². The minimum Gasteiger partial charge on any atom is -0.495 e. The van der Waals surface area contributed by atoms with E-state index in [9.17, 15) is 0 Å². The van der Waals surface area contributed by atoms with Crippen LogP contribution in [0.2, 0.25) is 0 Å². The lowest BCUT2D eigenvalue weighted by atomic mass is 10.1. The first kappa shape index (κ1) is 20.4. The number of rotatable bonds is 5. The predicted octanol–water partition coefficient (Wildman–Crippen LogP) is 2.92. The number of ether oxygens (including phenoxy) is 1. The van der Waals surface area contributed by atoms with E-state index in [1.54, 1.807) is 7.11 Å². The van der Waals surface area contributed by atoms with E-state index in [2.05, 4.69) is 67.5 Å². The molecule has 0 spiro atoms. The second kappa shape index (κ2) is 9.74. The van der Waals surface area contributed by atoms with Gasteiger partial charge in [-0.15, -0.1) is 0 Å². The number of hydrogen-bond donors (Lipinski definition) is 1. The molecular weight excluding hydrogens is 374 g/mol. The van der Waals surface area contributed by atoms with E-state index in [1.807, 2.05) is 19.2 Å². The van der Waals surface area contributed by atoms with Gasteiger partial charge in [-0.1, -0.05) is 30.3 Å². The molecule has 2 saturated heterocycles. The van der Waals surface area contributed by atoms with E-state index in [4.69, 9.17) is 4.74 Å². The van der Waals surface area contributed by atoms with Crippen molar-refractivity contribution in [3.8, 4) is 5.75 Å². The number of piperazine rings is 1. The van der Waals surface area contributed by atoms with Gasteiger partial charge in [0.05, 0.1) is 12.8 Å². The van der Waals surface area contributed by atoms with Crippen LogP contribution in [0.3, 0.4) is 0 Å². The Balaban J connectivity index is 1.27. The molecule has 2 aliphatic rings. The fourth-order valence-corrected chi connectivity index (χ4v) is 4.49. The largest absolute Gasteiger partial charge is 0.495 e. The van der Waals surface area contributed by atoms with Crippen molar-refractivity contribution in [3.05, 3.63) is 54.6 Å². The highest BCUT2D eigenvalue weighted by atomic mass is 16.5. The van der Waals surface area contributed by atoms with Crippen molar-refractivity contribution in [2.45, 2.75) is 6.42 Å². The summed E-state index contributed by atoms with van der Waals surface area (Å²) in [5.74, 6) is 2.61. The van der Waals surface area contributed by atoms with Gasteiger partial charge in [0.1, 0.15) is 5.75 Å². The highest BCUT2D eigenvalue weighted by Gasteiger charge is 2.25. The summed E-state index contributed by atoms with van der Waals surface area (Å²) in [6.45, 7) is 7.06. The summed E-state index contributed by atoms with van der Waals surface area (Å²) in [5.41, 5.74) is 2.51. The molecule has 0 aliphatic carbocycles. The highest BCUT2D eigenvalue weighted by Crippen LogP contribution is 2.28. The molecule has 30 heavy (non-hydrogen) atoms. The van der Waals surface area contributed by atoms with Crippen LogP contribution in [0.4, 0.5) is 11.4 Å². The maximum absolute atomic E-state index is 5.53. The first-order valence-electron chi connectivity index (χ1n) is 10.9. The molecule has 0 bridgehead atoms. The lowest BCUT2D eigenvalue weighted by Gasteiger charge is -2.38. The number of nitrogens with zero attached hydrogens (tertiary/aromatic N) is 4. The molecule has 6 nitrogen and oxygen atoms in total. The first-order chi connectivity index (χ1) is 14.8. The number of guanidine groups is 1. The monoisotopic (exact) mass is 407 g/mol. The number of methoxy groups -OCH3 is 1. The molecule has 160 valence electrons. The SMILES string of the molecule is CN=C(NCC1CCN(c2ccccc2)C1)N1CCN(c2ccccc2OC)CC1. The van der Waals surface area contributed by atoms with E-state index in [-0.39, 0.29) is 0 Å². The third-order valence-electron chi connectivity index (χ3n) is 6.17. The van der Waals surface area contributed by atoms with E-state index in [0.29, 0.717) is 5.92 Å². The summed E-state index contributed by atoms with van der Waals surface area (Å²) in [6.07, 6.45) is 1.22. The highest BCUT2D eigenvalue weighted by molar-refractivity contribution is 5.80. The van der Waals surface area contributed by atoms with Crippen LogP contribution in [-0.4, -0.2) is 70.8 Å². The molecule has 1 N–H and O–H groups in total. The van der Waals surface area contributed by atoms with E-state index in [1.165, 1.54) is 17.8 Å². The Morgan fingerprint density at radius 3 is 2.43 bits per heavy atom. The first-order valence-corrected chi connectivity index (χ1v) is 10.9. The Morgan fingerprint density at radius 2 is 1.70 bits per heavy atom. The van der Waals surface area contributed by atoms with Gasteiger partial charge in [0, 0.05) is 58.5 Å². The third-order valence-corrected chi connectivity index (χ3v) is 6.17. The van der Waals surface area contributed by atoms with E-state index in [0.717, 1.165) is 57.5 Å².